The zero-order chi connectivity index (χ0) is 25.9. The molecule has 0 fully saturated rings. The quantitative estimate of drug-likeness (QED) is 0.182. The maximum atomic E-state index is 13.2. The van der Waals surface area contributed by atoms with E-state index in [0.29, 0.717) is 45.6 Å². The van der Waals surface area contributed by atoms with Crippen molar-refractivity contribution in [1.82, 2.24) is 0 Å². The number of ether oxygens (including phenoxy) is 2. The molecule has 190 valence electrons. The Morgan fingerprint density at radius 3 is 2.31 bits per heavy atom. The summed E-state index contributed by atoms with van der Waals surface area (Å²) >= 11 is 0. The molecule has 4 rings (SSSR count). The maximum Gasteiger partial charge on any atom is 0.469 e. The van der Waals surface area contributed by atoms with E-state index in [9.17, 15) is 14.5 Å². The third kappa shape index (κ3) is 6.11. The molecule has 1 aromatic heterocycles. The van der Waals surface area contributed by atoms with Crippen molar-refractivity contribution in [2.24, 2.45) is 5.73 Å². The monoisotopic (exact) mass is 515 g/mol. The summed E-state index contributed by atoms with van der Waals surface area (Å²) < 4.78 is 32.4. The van der Waals surface area contributed by atoms with Crippen molar-refractivity contribution in [3.8, 4) is 17.2 Å². The van der Waals surface area contributed by atoms with Gasteiger partial charge in [0.1, 0.15) is 28.4 Å². The number of rotatable bonds is 10. The molecule has 1 unspecified atom stereocenters. The third-order valence-corrected chi connectivity index (χ3v) is 6.21. The number of benzene rings is 3. The first-order valence-electron chi connectivity index (χ1n) is 11.0. The second kappa shape index (κ2) is 10.4. The molecule has 1 atom stereocenters. The molecule has 0 aliphatic carbocycles. The van der Waals surface area contributed by atoms with Crippen LogP contribution in [-0.2, 0) is 15.5 Å². The zero-order valence-electron chi connectivity index (χ0n) is 19.4. The Morgan fingerprint density at radius 1 is 0.944 bits per heavy atom. The van der Waals surface area contributed by atoms with Crippen LogP contribution in [0, 0.1) is 0 Å². The van der Waals surface area contributed by atoms with Crippen LogP contribution in [0.4, 0.5) is 0 Å². The Hall–Kier alpha value is -3.24. The lowest BCUT2D eigenvalue weighted by atomic mass is 9.93. The van der Waals surface area contributed by atoms with E-state index in [2.05, 4.69) is 4.52 Å². The van der Waals surface area contributed by atoms with Crippen LogP contribution >= 0.6 is 7.82 Å². The molecule has 5 N–H and O–H groups in total. The van der Waals surface area contributed by atoms with Gasteiger partial charge in [-0.25, -0.2) is 4.57 Å². The summed E-state index contributed by atoms with van der Waals surface area (Å²) in [6.45, 7) is -1.05. The number of hydrogen-bond donors (Lipinski definition) is 4. The van der Waals surface area contributed by atoms with E-state index in [1.807, 2.05) is 0 Å². The number of aryl methyl sites for hydroxylation is 1. The lowest BCUT2D eigenvalue weighted by Gasteiger charge is -2.27. The van der Waals surface area contributed by atoms with Crippen LogP contribution in [0.15, 0.2) is 69.9 Å². The van der Waals surface area contributed by atoms with Crippen LogP contribution < -0.4 is 20.6 Å². The fourth-order valence-corrected chi connectivity index (χ4v) is 4.11. The van der Waals surface area contributed by atoms with Gasteiger partial charge in [-0.3, -0.25) is 9.32 Å². The first-order valence-corrected chi connectivity index (χ1v) is 12.5. The minimum absolute atomic E-state index is 0.167. The smallest absolute Gasteiger partial charge is 0.469 e. The van der Waals surface area contributed by atoms with Gasteiger partial charge in [0.15, 0.2) is 0 Å². The normalized spacial score (nSPS) is 13.6. The molecule has 3 aromatic carbocycles. The standard InChI is InChI=1S/C25H26NO9P/c1-32-17-3-5-18(6-4-17)34-19-7-8-20-23(13-19)35-22-9-2-16(12-21(22)24(20)28)10-11-25(26,14-27)15-33-36(29,30)31/h2-9,12-13,27H,10-11,14-15,26H2,1H3,(H2,29,30,31). The molecular weight excluding hydrogens is 489 g/mol. The number of nitrogens with two attached hydrogens (primary N) is 1. The highest BCUT2D eigenvalue weighted by Gasteiger charge is 2.28. The van der Waals surface area contributed by atoms with Gasteiger partial charge in [0, 0.05) is 6.07 Å². The van der Waals surface area contributed by atoms with Crippen LogP contribution in [0.1, 0.15) is 12.0 Å². The maximum absolute atomic E-state index is 13.2. The molecule has 36 heavy (non-hydrogen) atoms. The number of phosphoric acid groups is 1. The number of methoxy groups -OCH3 is 1. The summed E-state index contributed by atoms with van der Waals surface area (Å²) in [5.74, 6) is 1.82. The van der Waals surface area contributed by atoms with Gasteiger partial charge >= 0.3 is 7.82 Å². The van der Waals surface area contributed by atoms with Crippen molar-refractivity contribution in [3.63, 3.8) is 0 Å². The van der Waals surface area contributed by atoms with Crippen molar-refractivity contribution in [3.05, 3.63) is 76.5 Å². The van der Waals surface area contributed by atoms with Crippen LogP contribution in [0.25, 0.3) is 21.9 Å². The average Bonchev–Trinajstić information content (AvgIpc) is 2.86. The minimum Gasteiger partial charge on any atom is -0.497 e. The van der Waals surface area contributed by atoms with Crippen molar-refractivity contribution < 1.29 is 37.9 Å². The van der Waals surface area contributed by atoms with E-state index >= 15 is 0 Å². The molecule has 0 bridgehead atoms. The fraction of sp³-hybridized carbons (Fsp3) is 0.240. The Morgan fingerprint density at radius 2 is 1.64 bits per heavy atom. The Balaban J connectivity index is 1.56. The van der Waals surface area contributed by atoms with Crippen LogP contribution in [0.5, 0.6) is 17.2 Å². The first kappa shape index (κ1) is 25.8. The largest absolute Gasteiger partial charge is 0.497 e. The predicted octanol–water partition coefficient (Wildman–Crippen LogP) is 3.48. The summed E-state index contributed by atoms with van der Waals surface area (Å²) in [6, 6.07) is 17.2. The van der Waals surface area contributed by atoms with Crippen molar-refractivity contribution in [2.45, 2.75) is 18.4 Å². The summed E-state index contributed by atoms with van der Waals surface area (Å²) in [5.41, 5.74) is 5.98. The number of aliphatic hydroxyl groups excluding tert-OH is 1. The van der Waals surface area contributed by atoms with Crippen LogP contribution in [0.2, 0.25) is 0 Å². The Kier molecular flexibility index (Phi) is 7.46. The molecule has 10 nitrogen and oxygen atoms in total. The molecule has 1 heterocycles. The van der Waals surface area contributed by atoms with Gasteiger partial charge in [-0.15, -0.1) is 0 Å². The molecule has 0 spiro atoms. The third-order valence-electron chi connectivity index (χ3n) is 5.75. The topological polar surface area (TPSA) is 162 Å². The average molecular weight is 515 g/mol. The van der Waals surface area contributed by atoms with Gasteiger partial charge < -0.3 is 34.5 Å². The summed E-state index contributed by atoms with van der Waals surface area (Å²) in [5, 5.41) is 10.4. The van der Waals surface area contributed by atoms with E-state index in [1.54, 1.807) is 67.8 Å². The van der Waals surface area contributed by atoms with E-state index in [1.165, 1.54) is 0 Å². The van der Waals surface area contributed by atoms with Gasteiger partial charge in [-0.2, -0.15) is 0 Å². The number of aliphatic hydroxyl groups is 1. The molecule has 11 heteroatoms. The summed E-state index contributed by atoms with van der Waals surface area (Å²) in [6.07, 6.45) is 0.504. The minimum atomic E-state index is -4.72. The highest BCUT2D eigenvalue weighted by molar-refractivity contribution is 7.46. The molecule has 0 aliphatic heterocycles. The lowest BCUT2D eigenvalue weighted by molar-refractivity contribution is 0.102. The van der Waals surface area contributed by atoms with E-state index in [0.717, 1.165) is 5.56 Å². The molecule has 0 amide bonds. The van der Waals surface area contributed by atoms with Gasteiger partial charge in [0.05, 0.1) is 36.6 Å². The second-order valence-electron chi connectivity index (χ2n) is 8.48. The molecule has 0 saturated carbocycles. The van der Waals surface area contributed by atoms with Gasteiger partial charge in [0.2, 0.25) is 5.43 Å². The number of hydrogen-bond acceptors (Lipinski definition) is 8. The van der Waals surface area contributed by atoms with E-state index in [4.69, 9.17) is 29.4 Å². The number of fused-ring (bicyclic) bond motifs is 2. The first-order chi connectivity index (χ1) is 17.1. The Labute approximate surface area is 206 Å². The second-order valence-corrected chi connectivity index (χ2v) is 9.72. The lowest BCUT2D eigenvalue weighted by Crippen LogP contribution is -2.48. The molecule has 0 radical (unpaired) electrons. The van der Waals surface area contributed by atoms with Gasteiger partial charge in [-0.1, -0.05) is 6.07 Å². The number of phosphoric ester groups is 1. The van der Waals surface area contributed by atoms with E-state index < -0.39 is 26.6 Å². The van der Waals surface area contributed by atoms with Gasteiger partial charge in [0.25, 0.3) is 0 Å². The SMILES string of the molecule is COc1ccc(Oc2ccc3c(=O)c4cc(CCC(N)(CO)COP(=O)(O)O)ccc4oc3c2)cc1. The summed E-state index contributed by atoms with van der Waals surface area (Å²) in [7, 11) is -3.14. The van der Waals surface area contributed by atoms with Gasteiger partial charge in [-0.05, 0) is 66.9 Å². The highest BCUT2D eigenvalue weighted by atomic mass is 31.2. The fourth-order valence-electron chi connectivity index (χ4n) is 3.68. The predicted molar refractivity (Wildman–Crippen MR) is 133 cm³/mol. The molecule has 0 aliphatic rings. The molecule has 0 saturated heterocycles. The zero-order valence-corrected chi connectivity index (χ0v) is 20.3. The van der Waals surface area contributed by atoms with Crippen LogP contribution in [-0.4, -0.2) is 40.8 Å². The Bertz CT molecular complexity index is 1480. The van der Waals surface area contributed by atoms with Crippen LogP contribution in [0.3, 0.4) is 0 Å². The van der Waals surface area contributed by atoms with Crippen molar-refractivity contribution in [1.29, 1.82) is 0 Å². The highest BCUT2D eigenvalue weighted by Crippen LogP contribution is 2.37. The molecule has 4 aromatic rings. The molecular formula is C25H26NO9P. The van der Waals surface area contributed by atoms with E-state index in [-0.39, 0.29) is 11.8 Å². The summed E-state index contributed by atoms with van der Waals surface area (Å²) in [4.78, 5) is 31.0. The van der Waals surface area contributed by atoms with Crippen molar-refractivity contribution in [2.75, 3.05) is 20.3 Å². The van der Waals surface area contributed by atoms with Crippen molar-refractivity contribution >= 4 is 29.8 Å².